The van der Waals surface area contributed by atoms with Gasteiger partial charge in [0.15, 0.2) is 0 Å². The van der Waals surface area contributed by atoms with Gasteiger partial charge in [-0.25, -0.2) is 9.97 Å². The summed E-state index contributed by atoms with van der Waals surface area (Å²) in [5.74, 6) is 1.39. The van der Waals surface area contributed by atoms with Crippen molar-refractivity contribution in [3.63, 3.8) is 0 Å². The first-order valence-corrected chi connectivity index (χ1v) is 9.16. The summed E-state index contributed by atoms with van der Waals surface area (Å²) in [5.41, 5.74) is 3.42. The number of hydrogen-bond donors (Lipinski definition) is 0. The van der Waals surface area contributed by atoms with Crippen molar-refractivity contribution in [1.82, 2.24) is 19.3 Å². The molecule has 22 heavy (non-hydrogen) atoms. The van der Waals surface area contributed by atoms with Gasteiger partial charge in [-0.1, -0.05) is 0 Å². The van der Waals surface area contributed by atoms with E-state index in [4.69, 9.17) is 4.98 Å². The lowest BCUT2D eigenvalue weighted by molar-refractivity contribution is 0.0701. The Bertz CT molecular complexity index is 805. The van der Waals surface area contributed by atoms with Crippen molar-refractivity contribution in [3.05, 3.63) is 39.7 Å². The standard InChI is InChI=1S/C15H16N4OS2/c1-10-17-13(15-19(10)5-6-22-15)11-3-2-4-18(7-11)14(20)12-8-21-9-16-12/h5-6,8-9,11H,2-4,7H2,1H3. The second-order valence-corrected chi connectivity index (χ2v) is 7.20. The number of hydrogen-bond acceptors (Lipinski definition) is 5. The van der Waals surface area contributed by atoms with Gasteiger partial charge in [0.2, 0.25) is 0 Å². The van der Waals surface area contributed by atoms with Crippen LogP contribution in [0.4, 0.5) is 0 Å². The molecule has 1 atom stereocenters. The molecule has 1 aliphatic heterocycles. The van der Waals surface area contributed by atoms with Crippen LogP contribution in [-0.2, 0) is 0 Å². The Morgan fingerprint density at radius 2 is 2.36 bits per heavy atom. The molecular formula is C15H16N4OS2. The van der Waals surface area contributed by atoms with Crippen molar-refractivity contribution >= 4 is 33.4 Å². The second-order valence-electron chi connectivity index (χ2n) is 5.59. The molecule has 4 rings (SSSR count). The predicted octanol–water partition coefficient (Wildman–Crippen LogP) is 3.18. The van der Waals surface area contributed by atoms with Gasteiger partial charge in [-0.2, -0.15) is 0 Å². The summed E-state index contributed by atoms with van der Waals surface area (Å²) in [6.45, 7) is 3.58. The molecule has 0 saturated carbocycles. The lowest BCUT2D eigenvalue weighted by Crippen LogP contribution is -2.39. The smallest absolute Gasteiger partial charge is 0.273 e. The molecular weight excluding hydrogens is 316 g/mol. The van der Waals surface area contributed by atoms with Gasteiger partial charge in [-0.05, 0) is 19.8 Å². The fraction of sp³-hybridized carbons (Fsp3) is 0.400. The van der Waals surface area contributed by atoms with Crippen LogP contribution in [0.15, 0.2) is 22.5 Å². The van der Waals surface area contributed by atoms with Gasteiger partial charge in [0.05, 0.1) is 11.2 Å². The van der Waals surface area contributed by atoms with Crippen LogP contribution in [-0.4, -0.2) is 38.3 Å². The van der Waals surface area contributed by atoms with Crippen LogP contribution < -0.4 is 0 Å². The third-order valence-corrected chi connectivity index (χ3v) is 5.68. The molecule has 0 aliphatic carbocycles. The minimum absolute atomic E-state index is 0.0457. The zero-order valence-corrected chi connectivity index (χ0v) is 13.9. The molecule has 5 nitrogen and oxygen atoms in total. The van der Waals surface area contributed by atoms with Crippen molar-refractivity contribution in [2.24, 2.45) is 0 Å². The largest absolute Gasteiger partial charge is 0.337 e. The maximum absolute atomic E-state index is 12.5. The van der Waals surface area contributed by atoms with Crippen molar-refractivity contribution < 1.29 is 4.79 Å². The second kappa shape index (κ2) is 5.48. The number of imidazole rings is 1. The van der Waals surface area contributed by atoms with Gasteiger partial charge in [-0.15, -0.1) is 22.7 Å². The molecule has 1 amide bonds. The summed E-state index contributed by atoms with van der Waals surface area (Å²) in [5, 5.41) is 3.92. The van der Waals surface area contributed by atoms with E-state index in [0.717, 1.165) is 37.4 Å². The van der Waals surface area contributed by atoms with Crippen molar-refractivity contribution in [1.29, 1.82) is 0 Å². The van der Waals surface area contributed by atoms with E-state index in [-0.39, 0.29) is 5.91 Å². The van der Waals surface area contributed by atoms with Gasteiger partial charge in [0.1, 0.15) is 16.3 Å². The molecule has 114 valence electrons. The SMILES string of the molecule is Cc1nc(C2CCCN(C(=O)c3cscn3)C2)c2sccn12. The van der Waals surface area contributed by atoms with Crippen LogP contribution in [0.3, 0.4) is 0 Å². The summed E-state index contributed by atoms with van der Waals surface area (Å²) < 4.78 is 2.14. The van der Waals surface area contributed by atoms with Gasteiger partial charge >= 0.3 is 0 Å². The number of likely N-dealkylation sites (tertiary alicyclic amines) is 1. The summed E-state index contributed by atoms with van der Waals surface area (Å²) in [6, 6.07) is 0. The lowest BCUT2D eigenvalue weighted by atomic mass is 9.95. The third-order valence-electron chi connectivity index (χ3n) is 4.21. The Morgan fingerprint density at radius 3 is 3.18 bits per heavy atom. The number of aryl methyl sites for hydroxylation is 1. The molecule has 1 fully saturated rings. The highest BCUT2D eigenvalue weighted by molar-refractivity contribution is 7.15. The van der Waals surface area contributed by atoms with Crippen LogP contribution in [0.2, 0.25) is 0 Å². The molecule has 0 radical (unpaired) electrons. The number of aromatic nitrogens is 3. The van der Waals surface area contributed by atoms with Gasteiger partial charge in [-0.3, -0.25) is 9.20 Å². The number of thiazole rings is 2. The van der Waals surface area contributed by atoms with E-state index in [9.17, 15) is 4.79 Å². The zero-order chi connectivity index (χ0) is 15.1. The zero-order valence-electron chi connectivity index (χ0n) is 12.2. The van der Waals surface area contributed by atoms with E-state index in [1.165, 1.54) is 16.2 Å². The van der Waals surface area contributed by atoms with Gasteiger partial charge < -0.3 is 4.90 Å². The van der Waals surface area contributed by atoms with Crippen LogP contribution >= 0.6 is 22.7 Å². The Hall–Kier alpha value is -1.73. The van der Waals surface area contributed by atoms with Crippen LogP contribution in [0.1, 0.15) is 40.8 Å². The van der Waals surface area contributed by atoms with Crippen LogP contribution in [0.5, 0.6) is 0 Å². The van der Waals surface area contributed by atoms with E-state index in [1.807, 2.05) is 17.2 Å². The summed E-state index contributed by atoms with van der Waals surface area (Å²) >= 11 is 3.18. The highest BCUT2D eigenvalue weighted by Gasteiger charge is 2.29. The highest BCUT2D eigenvalue weighted by atomic mass is 32.1. The lowest BCUT2D eigenvalue weighted by Gasteiger charge is -2.31. The van der Waals surface area contributed by atoms with E-state index in [2.05, 4.69) is 21.0 Å². The monoisotopic (exact) mass is 332 g/mol. The van der Waals surface area contributed by atoms with Gasteiger partial charge in [0.25, 0.3) is 5.91 Å². The van der Waals surface area contributed by atoms with E-state index >= 15 is 0 Å². The molecule has 4 heterocycles. The number of carbonyl (C=O) groups is 1. The molecule has 0 N–H and O–H groups in total. The number of nitrogens with zero attached hydrogens (tertiary/aromatic N) is 4. The quantitative estimate of drug-likeness (QED) is 0.724. The Kier molecular flexibility index (Phi) is 3.46. The summed E-state index contributed by atoms with van der Waals surface area (Å²) in [4.78, 5) is 24.5. The molecule has 0 spiro atoms. The Labute approximate surface area is 136 Å². The van der Waals surface area contributed by atoms with Crippen LogP contribution in [0.25, 0.3) is 4.83 Å². The minimum atomic E-state index is 0.0457. The maximum Gasteiger partial charge on any atom is 0.273 e. The fourth-order valence-corrected chi connectivity index (χ4v) is 4.60. The molecule has 1 saturated heterocycles. The van der Waals surface area contributed by atoms with Crippen molar-refractivity contribution in [2.75, 3.05) is 13.1 Å². The normalized spacial score (nSPS) is 19.0. The first-order valence-electron chi connectivity index (χ1n) is 7.33. The number of piperidine rings is 1. The van der Waals surface area contributed by atoms with E-state index < -0.39 is 0 Å². The Balaban J connectivity index is 1.61. The summed E-state index contributed by atoms with van der Waals surface area (Å²) in [6.07, 6.45) is 4.17. The molecule has 0 aromatic carbocycles. The number of fused-ring (bicyclic) bond motifs is 1. The van der Waals surface area contributed by atoms with Crippen molar-refractivity contribution in [3.8, 4) is 0 Å². The highest BCUT2D eigenvalue weighted by Crippen LogP contribution is 2.32. The maximum atomic E-state index is 12.5. The number of rotatable bonds is 2. The molecule has 7 heteroatoms. The molecule has 3 aromatic rings. The number of carbonyl (C=O) groups excluding carboxylic acids is 1. The van der Waals surface area contributed by atoms with Gasteiger partial charge in [0, 0.05) is 36.0 Å². The predicted molar refractivity (Wildman–Crippen MR) is 87.8 cm³/mol. The topological polar surface area (TPSA) is 50.5 Å². The molecule has 3 aromatic heterocycles. The number of amides is 1. The average molecular weight is 332 g/mol. The molecule has 0 bridgehead atoms. The first-order chi connectivity index (χ1) is 10.7. The summed E-state index contributed by atoms with van der Waals surface area (Å²) in [7, 11) is 0. The van der Waals surface area contributed by atoms with E-state index in [0.29, 0.717) is 11.6 Å². The van der Waals surface area contributed by atoms with Crippen LogP contribution in [0, 0.1) is 6.92 Å². The Morgan fingerprint density at radius 1 is 1.45 bits per heavy atom. The first kappa shape index (κ1) is 13.9. The van der Waals surface area contributed by atoms with E-state index in [1.54, 1.807) is 16.8 Å². The van der Waals surface area contributed by atoms with Crippen molar-refractivity contribution in [2.45, 2.75) is 25.7 Å². The minimum Gasteiger partial charge on any atom is -0.337 e. The molecule has 1 unspecified atom stereocenters. The fourth-order valence-electron chi connectivity index (χ4n) is 3.13. The average Bonchev–Trinajstić information content (AvgIpc) is 3.26. The molecule has 1 aliphatic rings. The third kappa shape index (κ3) is 2.24.